The molecule has 1 atom stereocenters. The fraction of sp³-hybridized carbons (Fsp3) is 0.350. The first-order valence-electron chi connectivity index (χ1n) is 9.12. The Labute approximate surface area is 165 Å². The number of anilines is 1. The Kier molecular flexibility index (Phi) is 6.00. The van der Waals surface area contributed by atoms with E-state index >= 15 is 0 Å². The monoisotopic (exact) mass is 405 g/mol. The standard InChI is InChI=1S/C20H24FN3O3S/c1-23(2)28(26,27)24(17-12-10-16(21)11-13-17)14-20(25)22-19-9-5-7-15-6-3-4-8-18(15)19/h3-4,6,8,10-13,19H,5,7,9,14H2,1-2H3,(H,22,25)/t19-/m0/s1. The first-order chi connectivity index (χ1) is 13.3. The molecule has 0 bridgehead atoms. The van der Waals surface area contributed by atoms with E-state index in [1.807, 2.05) is 18.2 Å². The van der Waals surface area contributed by atoms with Gasteiger partial charge in [-0.05, 0) is 54.7 Å². The molecule has 2 aromatic rings. The van der Waals surface area contributed by atoms with E-state index in [9.17, 15) is 17.6 Å². The highest BCUT2D eigenvalue weighted by Crippen LogP contribution is 2.29. The SMILES string of the molecule is CN(C)S(=O)(=O)N(CC(=O)N[C@H]1CCCc2ccccc21)c1ccc(F)cc1. The summed E-state index contributed by atoms with van der Waals surface area (Å²) in [6.07, 6.45) is 2.73. The number of aryl methyl sites for hydroxylation is 1. The van der Waals surface area contributed by atoms with Crippen molar-refractivity contribution in [1.82, 2.24) is 9.62 Å². The van der Waals surface area contributed by atoms with E-state index in [-0.39, 0.29) is 18.3 Å². The van der Waals surface area contributed by atoms with Gasteiger partial charge in [0.25, 0.3) is 0 Å². The first kappa shape index (κ1) is 20.3. The van der Waals surface area contributed by atoms with Crippen molar-refractivity contribution in [2.75, 3.05) is 24.9 Å². The summed E-state index contributed by atoms with van der Waals surface area (Å²) in [7, 11) is -1.14. The maximum atomic E-state index is 13.3. The van der Waals surface area contributed by atoms with Crippen LogP contribution in [0.25, 0.3) is 0 Å². The fourth-order valence-corrected chi connectivity index (χ4v) is 4.45. The van der Waals surface area contributed by atoms with Crippen LogP contribution in [0.3, 0.4) is 0 Å². The summed E-state index contributed by atoms with van der Waals surface area (Å²) in [6.45, 7) is -0.384. The van der Waals surface area contributed by atoms with Crippen molar-refractivity contribution < 1.29 is 17.6 Å². The van der Waals surface area contributed by atoms with Crippen molar-refractivity contribution in [3.05, 3.63) is 65.5 Å². The lowest BCUT2D eigenvalue weighted by Gasteiger charge is -2.29. The highest BCUT2D eigenvalue weighted by atomic mass is 32.2. The van der Waals surface area contributed by atoms with Crippen LogP contribution in [0.2, 0.25) is 0 Å². The van der Waals surface area contributed by atoms with E-state index in [1.165, 1.54) is 43.9 Å². The van der Waals surface area contributed by atoms with Gasteiger partial charge in [0.05, 0.1) is 11.7 Å². The zero-order valence-corrected chi connectivity index (χ0v) is 16.7. The number of fused-ring (bicyclic) bond motifs is 1. The minimum absolute atomic E-state index is 0.144. The van der Waals surface area contributed by atoms with Gasteiger partial charge in [0.1, 0.15) is 12.4 Å². The Hall–Kier alpha value is -2.45. The lowest BCUT2D eigenvalue weighted by Crippen LogP contribution is -2.46. The van der Waals surface area contributed by atoms with Gasteiger partial charge in [0, 0.05) is 14.1 Å². The number of hydrogen-bond acceptors (Lipinski definition) is 3. The molecule has 8 heteroatoms. The van der Waals surface area contributed by atoms with Gasteiger partial charge < -0.3 is 5.32 Å². The molecule has 1 amide bonds. The Bertz CT molecular complexity index is 945. The number of carbonyl (C=O) groups is 1. The van der Waals surface area contributed by atoms with Crippen molar-refractivity contribution >= 4 is 21.8 Å². The van der Waals surface area contributed by atoms with Gasteiger partial charge in [0.2, 0.25) is 5.91 Å². The highest BCUT2D eigenvalue weighted by Gasteiger charge is 2.29. The molecule has 1 aliphatic carbocycles. The van der Waals surface area contributed by atoms with Gasteiger partial charge in [-0.3, -0.25) is 4.79 Å². The van der Waals surface area contributed by atoms with Gasteiger partial charge in [-0.2, -0.15) is 12.7 Å². The second-order valence-electron chi connectivity index (χ2n) is 6.98. The summed E-state index contributed by atoms with van der Waals surface area (Å²) in [4.78, 5) is 12.7. The smallest absolute Gasteiger partial charge is 0.304 e. The molecular weight excluding hydrogens is 381 g/mol. The molecule has 1 N–H and O–H groups in total. The van der Waals surface area contributed by atoms with Gasteiger partial charge in [-0.1, -0.05) is 24.3 Å². The maximum Gasteiger partial charge on any atom is 0.304 e. The zero-order chi connectivity index (χ0) is 20.3. The minimum Gasteiger partial charge on any atom is -0.348 e. The van der Waals surface area contributed by atoms with Gasteiger partial charge in [0.15, 0.2) is 0 Å². The lowest BCUT2D eigenvalue weighted by molar-refractivity contribution is -0.120. The third kappa shape index (κ3) is 4.34. The topological polar surface area (TPSA) is 69.7 Å². The number of nitrogens with zero attached hydrogens (tertiary/aromatic N) is 2. The Balaban J connectivity index is 1.81. The lowest BCUT2D eigenvalue weighted by atomic mass is 9.88. The zero-order valence-electron chi connectivity index (χ0n) is 15.9. The van der Waals surface area contributed by atoms with Crippen LogP contribution < -0.4 is 9.62 Å². The van der Waals surface area contributed by atoms with Crippen LogP contribution >= 0.6 is 0 Å². The number of carbonyl (C=O) groups excluding carboxylic acids is 1. The summed E-state index contributed by atoms with van der Waals surface area (Å²) in [5, 5.41) is 2.96. The molecule has 1 aliphatic rings. The van der Waals surface area contributed by atoms with Gasteiger partial charge in [-0.25, -0.2) is 8.70 Å². The Morgan fingerprint density at radius 1 is 1.14 bits per heavy atom. The Morgan fingerprint density at radius 3 is 2.50 bits per heavy atom. The number of benzene rings is 2. The fourth-order valence-electron chi connectivity index (χ4n) is 3.38. The second kappa shape index (κ2) is 8.28. The molecule has 0 heterocycles. The van der Waals surface area contributed by atoms with Crippen LogP contribution in [0.1, 0.15) is 30.0 Å². The summed E-state index contributed by atoms with van der Waals surface area (Å²) < 4.78 is 40.7. The number of halogens is 1. The molecule has 0 saturated carbocycles. The average molecular weight is 405 g/mol. The van der Waals surface area contributed by atoms with E-state index < -0.39 is 21.9 Å². The number of amides is 1. The summed E-state index contributed by atoms with van der Waals surface area (Å²) in [5.74, 6) is -0.884. The van der Waals surface area contributed by atoms with E-state index in [0.717, 1.165) is 33.4 Å². The predicted molar refractivity (Wildman–Crippen MR) is 107 cm³/mol. The summed E-state index contributed by atoms with van der Waals surface area (Å²) in [6, 6.07) is 12.8. The van der Waals surface area contributed by atoms with Crippen molar-refractivity contribution in [3.63, 3.8) is 0 Å². The summed E-state index contributed by atoms with van der Waals surface area (Å²) >= 11 is 0. The molecule has 6 nitrogen and oxygen atoms in total. The normalized spacial score (nSPS) is 16.5. The minimum atomic E-state index is -3.92. The Morgan fingerprint density at radius 2 is 1.82 bits per heavy atom. The van der Waals surface area contributed by atoms with E-state index in [4.69, 9.17) is 0 Å². The van der Waals surface area contributed by atoms with E-state index in [2.05, 4.69) is 11.4 Å². The van der Waals surface area contributed by atoms with Crippen molar-refractivity contribution in [1.29, 1.82) is 0 Å². The number of nitrogens with one attached hydrogen (secondary N) is 1. The molecule has 2 aromatic carbocycles. The third-order valence-electron chi connectivity index (χ3n) is 4.85. The molecule has 150 valence electrons. The molecule has 0 unspecified atom stereocenters. The largest absolute Gasteiger partial charge is 0.348 e. The van der Waals surface area contributed by atoms with Crippen LogP contribution in [0, 0.1) is 5.82 Å². The molecule has 28 heavy (non-hydrogen) atoms. The van der Waals surface area contributed by atoms with Crippen LogP contribution in [0.15, 0.2) is 48.5 Å². The molecule has 0 fully saturated rings. The van der Waals surface area contributed by atoms with Crippen LogP contribution in [0.5, 0.6) is 0 Å². The maximum absolute atomic E-state index is 13.3. The van der Waals surface area contributed by atoms with Crippen LogP contribution in [0.4, 0.5) is 10.1 Å². The predicted octanol–water partition coefficient (Wildman–Crippen LogP) is 2.63. The van der Waals surface area contributed by atoms with Crippen molar-refractivity contribution in [2.24, 2.45) is 0 Å². The van der Waals surface area contributed by atoms with Crippen molar-refractivity contribution in [3.8, 4) is 0 Å². The van der Waals surface area contributed by atoms with Gasteiger partial charge in [-0.15, -0.1) is 0 Å². The number of rotatable bonds is 6. The summed E-state index contributed by atoms with van der Waals surface area (Å²) in [5.41, 5.74) is 2.51. The molecule has 0 aromatic heterocycles. The third-order valence-corrected chi connectivity index (χ3v) is 6.67. The van der Waals surface area contributed by atoms with Crippen molar-refractivity contribution in [2.45, 2.75) is 25.3 Å². The molecular formula is C20H24FN3O3S. The molecule has 0 aliphatic heterocycles. The number of hydrogen-bond donors (Lipinski definition) is 1. The molecule has 0 saturated heterocycles. The quantitative estimate of drug-likeness (QED) is 0.803. The molecule has 0 radical (unpaired) electrons. The van der Waals surface area contributed by atoms with E-state index in [1.54, 1.807) is 0 Å². The highest BCUT2D eigenvalue weighted by molar-refractivity contribution is 7.90. The first-order valence-corrected chi connectivity index (χ1v) is 10.5. The average Bonchev–Trinajstić information content (AvgIpc) is 2.67. The van der Waals surface area contributed by atoms with E-state index in [0.29, 0.717) is 0 Å². The second-order valence-corrected chi connectivity index (χ2v) is 9.05. The van der Waals surface area contributed by atoms with Crippen LogP contribution in [-0.2, 0) is 21.4 Å². The molecule has 3 rings (SSSR count). The van der Waals surface area contributed by atoms with Crippen LogP contribution in [-0.4, -0.2) is 39.3 Å². The van der Waals surface area contributed by atoms with Gasteiger partial charge >= 0.3 is 10.2 Å². The molecule has 0 spiro atoms.